The molecule has 7 nitrogen and oxygen atoms in total. The van der Waals surface area contributed by atoms with E-state index in [4.69, 9.17) is 9.47 Å². The van der Waals surface area contributed by atoms with Crippen LogP contribution in [0, 0.1) is 17.9 Å². The maximum absolute atomic E-state index is 13.4. The van der Waals surface area contributed by atoms with E-state index in [0.717, 1.165) is 21.5 Å². The van der Waals surface area contributed by atoms with Crippen LogP contribution >= 0.6 is 113 Å². The number of hydrogen-bond acceptors (Lipinski definition) is 6. The smallest absolute Gasteiger partial charge is 0.344 e. The van der Waals surface area contributed by atoms with Gasteiger partial charge in [0.15, 0.2) is 5.75 Å². The Morgan fingerprint density at radius 2 is 1.14 bits per heavy atom. The summed E-state index contributed by atoms with van der Waals surface area (Å²) in [7, 11) is -4.46. The highest BCUT2D eigenvalue weighted by atomic mass is 127. The lowest BCUT2D eigenvalue weighted by Gasteiger charge is -2.14. The average molecular weight is 1080 g/mol. The summed E-state index contributed by atoms with van der Waals surface area (Å²) in [6, 6.07) is 16.8. The van der Waals surface area contributed by atoms with Gasteiger partial charge in [0, 0.05) is 10.7 Å². The molecule has 0 fully saturated rings. The fourth-order valence-corrected chi connectivity index (χ4v) is 11.2. The molecule has 0 heterocycles. The predicted octanol–water partition coefficient (Wildman–Crippen LogP) is 7.55. The van der Waals surface area contributed by atoms with Gasteiger partial charge in [0.1, 0.15) is 10.6 Å². The number of benzene rings is 4. The summed E-state index contributed by atoms with van der Waals surface area (Å²) in [6.45, 7) is 0. The van der Waals surface area contributed by atoms with E-state index in [2.05, 4.69) is 67.8 Å². The van der Waals surface area contributed by atoms with E-state index in [9.17, 15) is 22.6 Å². The molecule has 0 amide bonds. The van der Waals surface area contributed by atoms with Gasteiger partial charge in [-0.05, 0) is 160 Å². The minimum atomic E-state index is -4.46. The van der Waals surface area contributed by atoms with Crippen LogP contribution in [-0.2, 0) is 10.1 Å². The van der Waals surface area contributed by atoms with Gasteiger partial charge in [-0.1, -0.05) is 24.3 Å². The fraction of sp³-hybridized carbons (Fsp3) is 0. The van der Waals surface area contributed by atoms with Crippen LogP contribution in [0.3, 0.4) is 0 Å². The molecule has 190 valence electrons. The molecule has 0 aliphatic rings. The van der Waals surface area contributed by atoms with Crippen molar-refractivity contribution in [1.29, 1.82) is 0 Å². The maximum atomic E-state index is 13.4. The molecular weight excluding hydrogens is 1070 g/mol. The van der Waals surface area contributed by atoms with Crippen LogP contribution in [0.1, 0.15) is 20.7 Å². The molecule has 0 spiro atoms. The Bertz CT molecular complexity index is 1660. The van der Waals surface area contributed by atoms with Crippen LogP contribution in [0.15, 0.2) is 65.6 Å². The molecule has 13 heteroatoms. The molecule has 0 atom stereocenters. The van der Waals surface area contributed by atoms with Gasteiger partial charge in [-0.25, -0.2) is 9.59 Å². The van der Waals surface area contributed by atoms with E-state index >= 15 is 0 Å². The van der Waals surface area contributed by atoms with Crippen molar-refractivity contribution >= 4 is 146 Å². The third kappa shape index (κ3) is 6.87. The third-order valence-electron chi connectivity index (χ3n) is 4.92. The SMILES string of the molecule is O=C(Oc1cc(I)c(S(=O)(=O)O)c(I)c1)c1cc2ccccc2cc1C(=O)Oc1c(I)cc(I)cc1I. The van der Waals surface area contributed by atoms with Gasteiger partial charge in [0.2, 0.25) is 0 Å². The fourth-order valence-electron chi connectivity index (χ4n) is 3.36. The minimum Gasteiger partial charge on any atom is -0.423 e. The van der Waals surface area contributed by atoms with E-state index in [1.165, 1.54) is 12.1 Å². The Hall–Kier alpha value is -0.360. The molecule has 0 saturated carbocycles. The number of halogens is 5. The topological polar surface area (TPSA) is 107 Å². The van der Waals surface area contributed by atoms with Gasteiger partial charge in [-0.2, -0.15) is 8.42 Å². The summed E-state index contributed by atoms with van der Waals surface area (Å²) < 4.78 is 46.9. The quantitative estimate of drug-likeness (QED) is 0.0954. The lowest BCUT2D eigenvalue weighted by molar-refractivity contribution is 0.0690. The molecule has 0 aliphatic heterocycles. The van der Waals surface area contributed by atoms with Crippen LogP contribution < -0.4 is 9.47 Å². The maximum Gasteiger partial charge on any atom is 0.344 e. The van der Waals surface area contributed by atoms with Gasteiger partial charge >= 0.3 is 11.9 Å². The van der Waals surface area contributed by atoms with E-state index in [1.54, 1.807) is 63.4 Å². The molecule has 37 heavy (non-hydrogen) atoms. The molecule has 0 aliphatic carbocycles. The first-order valence-electron chi connectivity index (χ1n) is 9.93. The van der Waals surface area contributed by atoms with Crippen molar-refractivity contribution in [2.45, 2.75) is 4.90 Å². The lowest BCUT2D eigenvalue weighted by atomic mass is 10.0. The van der Waals surface area contributed by atoms with Crippen molar-refractivity contribution in [2.75, 3.05) is 0 Å². The summed E-state index contributed by atoms with van der Waals surface area (Å²) >= 11 is 9.83. The highest BCUT2D eigenvalue weighted by molar-refractivity contribution is 14.1. The zero-order valence-electron chi connectivity index (χ0n) is 18.0. The van der Waals surface area contributed by atoms with E-state index < -0.39 is 22.1 Å². The van der Waals surface area contributed by atoms with Crippen molar-refractivity contribution in [1.82, 2.24) is 0 Å². The van der Waals surface area contributed by atoms with Crippen molar-refractivity contribution in [3.8, 4) is 11.5 Å². The number of carbonyl (C=O) groups excluding carboxylic acids is 2. The van der Waals surface area contributed by atoms with Gasteiger partial charge in [-0.15, -0.1) is 0 Å². The summed E-state index contributed by atoms with van der Waals surface area (Å²) in [4.78, 5) is 26.4. The standard InChI is InChI=1S/C24H11I5O7S/c25-13-7-17(26)21(18(27)8-13)36-24(31)16-6-12-4-2-1-3-11(12)5-15(16)23(30)35-14-9-19(28)22(20(29)10-14)37(32,33)34/h1-10H,(H,32,33,34). The molecular formula is C24H11I5O7S. The summed E-state index contributed by atoms with van der Waals surface area (Å²) in [5.41, 5.74) is 0.0101. The van der Waals surface area contributed by atoms with E-state index in [1.807, 2.05) is 30.3 Å². The Morgan fingerprint density at radius 3 is 1.59 bits per heavy atom. The van der Waals surface area contributed by atoms with Crippen LogP contribution in [-0.4, -0.2) is 24.9 Å². The second-order valence-electron chi connectivity index (χ2n) is 7.41. The number of esters is 2. The Balaban J connectivity index is 1.76. The normalized spacial score (nSPS) is 11.4. The van der Waals surface area contributed by atoms with Gasteiger partial charge < -0.3 is 9.47 Å². The van der Waals surface area contributed by atoms with Crippen LogP contribution in [0.4, 0.5) is 0 Å². The average Bonchev–Trinajstić information content (AvgIpc) is 2.79. The van der Waals surface area contributed by atoms with E-state index in [-0.39, 0.29) is 28.9 Å². The zero-order chi connectivity index (χ0) is 27.1. The van der Waals surface area contributed by atoms with Gasteiger partial charge in [-0.3, -0.25) is 4.55 Å². The molecule has 0 aromatic heterocycles. The Labute approximate surface area is 279 Å². The highest BCUT2D eigenvalue weighted by Gasteiger charge is 2.25. The Kier molecular flexibility index (Phi) is 9.62. The predicted molar refractivity (Wildman–Crippen MR) is 180 cm³/mol. The number of hydrogen-bond donors (Lipinski definition) is 1. The Morgan fingerprint density at radius 1 is 0.676 bits per heavy atom. The van der Waals surface area contributed by atoms with Gasteiger partial charge in [0.05, 0.1) is 18.3 Å². The van der Waals surface area contributed by atoms with Gasteiger partial charge in [0.25, 0.3) is 10.1 Å². The van der Waals surface area contributed by atoms with Crippen molar-refractivity contribution in [2.24, 2.45) is 0 Å². The number of rotatable bonds is 5. The number of carbonyl (C=O) groups is 2. The van der Waals surface area contributed by atoms with Crippen molar-refractivity contribution in [3.63, 3.8) is 0 Å². The summed E-state index contributed by atoms with van der Waals surface area (Å²) in [6.07, 6.45) is 0. The molecule has 4 aromatic rings. The van der Waals surface area contributed by atoms with Crippen molar-refractivity contribution < 1.29 is 32.0 Å². The number of ether oxygens (including phenoxy) is 2. The molecule has 1 N–H and O–H groups in total. The minimum absolute atomic E-state index is 0.0110. The van der Waals surface area contributed by atoms with Crippen molar-refractivity contribution in [3.05, 3.63) is 89.6 Å². The molecule has 0 unspecified atom stereocenters. The first kappa shape index (κ1) is 29.6. The van der Waals surface area contributed by atoms with Crippen LogP contribution in [0.2, 0.25) is 0 Å². The monoisotopic (exact) mass is 1080 g/mol. The molecule has 0 bridgehead atoms. The summed E-state index contributed by atoms with van der Waals surface area (Å²) in [5, 5.41) is 1.45. The highest BCUT2D eigenvalue weighted by Crippen LogP contribution is 2.32. The number of fused-ring (bicyclic) bond motifs is 1. The second kappa shape index (κ2) is 12.0. The third-order valence-corrected chi connectivity index (χ3v) is 10.5. The first-order chi connectivity index (χ1) is 17.3. The molecule has 4 aromatic carbocycles. The van der Waals surface area contributed by atoms with Crippen LogP contribution in [0.5, 0.6) is 11.5 Å². The first-order valence-corrected chi connectivity index (χ1v) is 16.8. The zero-order valence-corrected chi connectivity index (χ0v) is 29.6. The van der Waals surface area contributed by atoms with Crippen LogP contribution in [0.25, 0.3) is 10.8 Å². The molecule has 0 saturated heterocycles. The second-order valence-corrected chi connectivity index (χ2v) is 14.7. The molecule has 4 rings (SSSR count). The lowest BCUT2D eigenvalue weighted by Crippen LogP contribution is -2.18. The van der Waals surface area contributed by atoms with E-state index in [0.29, 0.717) is 5.75 Å². The largest absolute Gasteiger partial charge is 0.423 e. The molecule has 0 radical (unpaired) electrons. The summed E-state index contributed by atoms with van der Waals surface area (Å²) in [5.74, 6) is -1.10.